The van der Waals surface area contributed by atoms with Crippen molar-refractivity contribution in [3.63, 3.8) is 0 Å². The van der Waals surface area contributed by atoms with E-state index < -0.39 is 28.8 Å². The van der Waals surface area contributed by atoms with Gasteiger partial charge in [-0.25, -0.2) is 13.8 Å². The predicted octanol–water partition coefficient (Wildman–Crippen LogP) is 4.79. The van der Waals surface area contributed by atoms with E-state index in [1.54, 1.807) is 0 Å². The molecule has 38 heavy (non-hydrogen) atoms. The van der Waals surface area contributed by atoms with Crippen LogP contribution in [0.5, 0.6) is 0 Å². The quantitative estimate of drug-likeness (QED) is 0.418. The predicted molar refractivity (Wildman–Crippen MR) is 143 cm³/mol. The van der Waals surface area contributed by atoms with Gasteiger partial charge >= 0.3 is 0 Å². The Bertz CT molecular complexity index is 1600. The van der Waals surface area contributed by atoms with Gasteiger partial charge < -0.3 is 14.8 Å². The molecule has 0 saturated carbocycles. The third-order valence-electron chi connectivity index (χ3n) is 6.87. The second-order valence-corrected chi connectivity index (χ2v) is 10.9. The van der Waals surface area contributed by atoms with Gasteiger partial charge in [0.2, 0.25) is 0 Å². The highest BCUT2D eigenvalue weighted by Gasteiger charge is 2.29. The molecule has 1 N–H and O–H groups in total. The number of halogens is 2. The molecule has 1 atom stereocenters. The number of hydrogen-bond donors (Lipinski definition) is 1. The standard InChI is InChI=1S/C28H30F2N6O2/c1-16-13-14-35(15-16)25-19(9-11-21-23(25)32-27(34(21)5)28(2,3)4)31-26(38)20-10-12-22(37)36(33-20)24-17(29)7-6-8-18(24)30/h6-12,16H,13-15H2,1-5H3,(H,31,38)/t16-/m0/s1. The molecule has 3 heterocycles. The minimum absolute atomic E-state index is 0.163. The number of nitrogens with one attached hydrogen (secondary N) is 1. The van der Waals surface area contributed by atoms with E-state index in [2.05, 4.69) is 47.6 Å². The van der Waals surface area contributed by atoms with Crippen LogP contribution in [0.3, 0.4) is 0 Å². The van der Waals surface area contributed by atoms with Crippen LogP contribution in [0.4, 0.5) is 20.2 Å². The topological polar surface area (TPSA) is 85.1 Å². The van der Waals surface area contributed by atoms with Crippen molar-refractivity contribution >= 4 is 28.3 Å². The van der Waals surface area contributed by atoms with Crippen molar-refractivity contribution in [3.05, 3.63) is 76.0 Å². The van der Waals surface area contributed by atoms with E-state index in [-0.39, 0.29) is 11.1 Å². The van der Waals surface area contributed by atoms with E-state index in [4.69, 9.17) is 4.98 Å². The van der Waals surface area contributed by atoms with Gasteiger partial charge in [-0.15, -0.1) is 0 Å². The van der Waals surface area contributed by atoms with Crippen LogP contribution < -0.4 is 15.8 Å². The summed E-state index contributed by atoms with van der Waals surface area (Å²) in [6.45, 7) is 10.1. The maximum absolute atomic E-state index is 14.4. The molecule has 198 valence electrons. The van der Waals surface area contributed by atoms with Gasteiger partial charge in [0.25, 0.3) is 11.5 Å². The third-order valence-corrected chi connectivity index (χ3v) is 6.87. The Kier molecular flexibility index (Phi) is 6.28. The molecule has 1 aliphatic heterocycles. The highest BCUT2D eigenvalue weighted by molar-refractivity contribution is 6.08. The molecular weight excluding hydrogens is 490 g/mol. The van der Waals surface area contributed by atoms with Crippen LogP contribution in [0, 0.1) is 17.6 Å². The van der Waals surface area contributed by atoms with Gasteiger partial charge in [0.1, 0.15) is 22.7 Å². The highest BCUT2D eigenvalue weighted by atomic mass is 19.1. The fourth-order valence-electron chi connectivity index (χ4n) is 5.04. The number of anilines is 2. The molecule has 4 aromatic rings. The Morgan fingerprint density at radius 2 is 1.76 bits per heavy atom. The number of carbonyl (C=O) groups excluding carboxylic acids is 1. The van der Waals surface area contributed by atoms with Crippen LogP contribution in [0.1, 0.15) is 50.4 Å². The van der Waals surface area contributed by atoms with Crippen molar-refractivity contribution in [2.24, 2.45) is 13.0 Å². The largest absolute Gasteiger partial charge is 0.368 e. The zero-order chi connectivity index (χ0) is 27.4. The molecule has 8 nitrogen and oxygen atoms in total. The van der Waals surface area contributed by atoms with E-state index >= 15 is 0 Å². The van der Waals surface area contributed by atoms with E-state index in [1.165, 1.54) is 12.1 Å². The second kappa shape index (κ2) is 9.34. The molecule has 0 aliphatic carbocycles. The maximum atomic E-state index is 14.4. The summed E-state index contributed by atoms with van der Waals surface area (Å²) in [4.78, 5) is 33.0. The zero-order valence-electron chi connectivity index (χ0n) is 22.0. The summed E-state index contributed by atoms with van der Waals surface area (Å²) in [6, 6.07) is 9.29. The van der Waals surface area contributed by atoms with Crippen molar-refractivity contribution in [3.8, 4) is 5.69 Å². The maximum Gasteiger partial charge on any atom is 0.276 e. The summed E-state index contributed by atoms with van der Waals surface area (Å²) in [5.74, 6) is -1.13. The van der Waals surface area contributed by atoms with E-state index in [0.29, 0.717) is 16.3 Å². The summed E-state index contributed by atoms with van der Waals surface area (Å²) in [6.07, 6.45) is 1.02. The van der Waals surface area contributed by atoms with E-state index in [0.717, 1.165) is 60.3 Å². The van der Waals surface area contributed by atoms with Gasteiger partial charge in [-0.1, -0.05) is 33.8 Å². The first-order chi connectivity index (χ1) is 18.0. The molecule has 0 spiro atoms. The molecule has 10 heteroatoms. The summed E-state index contributed by atoms with van der Waals surface area (Å²) in [5, 5.41) is 6.90. The number of benzene rings is 2. The lowest BCUT2D eigenvalue weighted by molar-refractivity contribution is 0.102. The van der Waals surface area contributed by atoms with Gasteiger partial charge in [-0.05, 0) is 42.7 Å². The Morgan fingerprint density at radius 3 is 2.39 bits per heavy atom. The Morgan fingerprint density at radius 1 is 1.05 bits per heavy atom. The molecule has 5 rings (SSSR count). The van der Waals surface area contributed by atoms with Crippen LogP contribution in [-0.2, 0) is 12.5 Å². The van der Waals surface area contributed by atoms with Crippen molar-refractivity contribution in [2.45, 2.75) is 39.5 Å². The fraction of sp³-hybridized carbons (Fsp3) is 0.357. The number of imidazole rings is 1. The van der Waals surface area contributed by atoms with Crippen molar-refractivity contribution < 1.29 is 13.6 Å². The van der Waals surface area contributed by atoms with Crippen LogP contribution in [0.2, 0.25) is 0 Å². The molecule has 1 saturated heterocycles. The van der Waals surface area contributed by atoms with Gasteiger partial charge in [-0.2, -0.15) is 9.78 Å². The number of amides is 1. The van der Waals surface area contributed by atoms with Gasteiger partial charge in [0, 0.05) is 31.6 Å². The first-order valence-electron chi connectivity index (χ1n) is 12.6. The molecule has 0 radical (unpaired) electrons. The van der Waals surface area contributed by atoms with Crippen LogP contribution >= 0.6 is 0 Å². The molecule has 1 amide bonds. The summed E-state index contributed by atoms with van der Waals surface area (Å²) < 4.78 is 31.4. The summed E-state index contributed by atoms with van der Waals surface area (Å²) in [5.41, 5.74) is 1.35. The molecule has 0 bridgehead atoms. The van der Waals surface area contributed by atoms with E-state index in [9.17, 15) is 18.4 Å². The smallest absolute Gasteiger partial charge is 0.276 e. The van der Waals surface area contributed by atoms with E-state index in [1.807, 2.05) is 19.2 Å². The number of para-hydroxylation sites is 1. The molecule has 1 fully saturated rings. The van der Waals surface area contributed by atoms with Crippen molar-refractivity contribution in [1.29, 1.82) is 0 Å². The molecule has 0 unspecified atom stereocenters. The second-order valence-electron chi connectivity index (χ2n) is 10.9. The SMILES string of the molecule is C[C@H]1CCN(c2c(NC(=O)c3ccc(=O)n(-c4c(F)cccc4F)n3)ccc3c2nc(C(C)(C)C)n3C)C1. The Labute approximate surface area is 218 Å². The van der Waals surface area contributed by atoms with Crippen molar-refractivity contribution in [2.75, 3.05) is 23.3 Å². The number of fused-ring (bicyclic) bond motifs is 1. The lowest BCUT2D eigenvalue weighted by Gasteiger charge is -2.22. The number of rotatable bonds is 4. The minimum atomic E-state index is -0.960. The lowest BCUT2D eigenvalue weighted by atomic mass is 9.96. The number of nitrogens with zero attached hydrogens (tertiary/aromatic N) is 5. The molecule has 2 aromatic heterocycles. The third kappa shape index (κ3) is 4.44. The first kappa shape index (κ1) is 25.6. The molecule has 1 aliphatic rings. The van der Waals surface area contributed by atoms with Gasteiger partial charge in [-0.3, -0.25) is 9.59 Å². The van der Waals surface area contributed by atoms with Crippen molar-refractivity contribution in [1.82, 2.24) is 19.3 Å². The highest BCUT2D eigenvalue weighted by Crippen LogP contribution is 2.39. The van der Waals surface area contributed by atoms with Crippen LogP contribution in [0.25, 0.3) is 16.7 Å². The number of aromatic nitrogens is 4. The zero-order valence-corrected chi connectivity index (χ0v) is 22.0. The molecular formula is C28H30F2N6O2. The fourth-order valence-corrected chi connectivity index (χ4v) is 5.04. The average Bonchev–Trinajstić information content (AvgIpc) is 3.43. The van der Waals surface area contributed by atoms with Crippen LogP contribution in [0.15, 0.2) is 47.3 Å². The monoisotopic (exact) mass is 520 g/mol. The summed E-state index contributed by atoms with van der Waals surface area (Å²) in [7, 11) is 1.99. The number of aryl methyl sites for hydroxylation is 1. The molecule has 2 aromatic carbocycles. The Hall–Kier alpha value is -4.08. The minimum Gasteiger partial charge on any atom is -0.368 e. The van der Waals surface area contributed by atoms with Gasteiger partial charge in [0.15, 0.2) is 11.6 Å². The summed E-state index contributed by atoms with van der Waals surface area (Å²) >= 11 is 0. The lowest BCUT2D eigenvalue weighted by Crippen LogP contribution is -2.27. The Balaban J connectivity index is 1.59. The normalized spacial score (nSPS) is 15.9. The number of hydrogen-bond acceptors (Lipinski definition) is 5. The average molecular weight is 521 g/mol. The number of carbonyl (C=O) groups is 1. The van der Waals surface area contributed by atoms with Crippen LogP contribution in [-0.4, -0.2) is 38.3 Å². The first-order valence-corrected chi connectivity index (χ1v) is 12.6. The van der Waals surface area contributed by atoms with Gasteiger partial charge in [0.05, 0.1) is 16.9 Å².